The SMILES string of the molecule is CONC1=NC2CCCCc3ccc4c(c3)C(CC(C)(C)O4)NC(=O)c3ccc4c(c3)[C@@H](CCO4)N1C(=O)C2. The molecule has 9 heteroatoms. The number of carbonyl (C=O) groups excluding carboxylic acids is 2. The second kappa shape index (κ2) is 10.2. The highest BCUT2D eigenvalue weighted by atomic mass is 16.6. The lowest BCUT2D eigenvalue weighted by Crippen LogP contribution is -2.51. The third-order valence-electron chi connectivity index (χ3n) is 8.09. The summed E-state index contributed by atoms with van der Waals surface area (Å²) in [5, 5.41) is 3.28. The molecule has 3 atom stereocenters. The van der Waals surface area contributed by atoms with Gasteiger partial charge in [0, 0.05) is 36.0 Å². The molecule has 0 aromatic heterocycles. The molecular weight excluding hydrogens is 496 g/mol. The van der Waals surface area contributed by atoms with Crippen LogP contribution in [0.3, 0.4) is 0 Å². The van der Waals surface area contributed by atoms with Crippen molar-refractivity contribution in [1.82, 2.24) is 15.7 Å². The molecule has 2 unspecified atom stereocenters. The molecule has 2 N–H and O–H groups in total. The number of hydrogen-bond acceptors (Lipinski definition) is 7. The molecule has 2 aromatic rings. The minimum Gasteiger partial charge on any atom is -0.493 e. The molecule has 0 spiro atoms. The summed E-state index contributed by atoms with van der Waals surface area (Å²) in [5.74, 6) is 1.73. The maximum Gasteiger partial charge on any atom is 0.251 e. The molecule has 0 fully saturated rings. The maximum atomic E-state index is 13.7. The molecule has 9 nitrogen and oxygen atoms in total. The van der Waals surface area contributed by atoms with Gasteiger partial charge < -0.3 is 14.8 Å². The highest BCUT2D eigenvalue weighted by Gasteiger charge is 2.39. The van der Waals surface area contributed by atoms with Crippen LogP contribution in [0.2, 0.25) is 0 Å². The zero-order chi connectivity index (χ0) is 27.1. The molecule has 2 aromatic carbocycles. The van der Waals surface area contributed by atoms with Gasteiger partial charge in [0.25, 0.3) is 5.91 Å². The number of hydroxylamine groups is 1. The predicted octanol–water partition coefficient (Wildman–Crippen LogP) is 4.38. The number of aryl methyl sites for hydroxylation is 1. The zero-order valence-electron chi connectivity index (χ0n) is 22.8. The fourth-order valence-corrected chi connectivity index (χ4v) is 6.28. The monoisotopic (exact) mass is 532 g/mol. The number of fused-ring (bicyclic) bond motifs is 5. The fraction of sp³-hybridized carbons (Fsp3) is 0.500. The van der Waals surface area contributed by atoms with Crippen LogP contribution in [0.5, 0.6) is 11.5 Å². The van der Waals surface area contributed by atoms with Gasteiger partial charge in [0.15, 0.2) is 0 Å². The van der Waals surface area contributed by atoms with E-state index < -0.39 is 5.60 Å². The number of nitrogens with zero attached hydrogens (tertiary/aromatic N) is 2. The smallest absolute Gasteiger partial charge is 0.251 e. The van der Waals surface area contributed by atoms with E-state index in [1.165, 1.54) is 12.7 Å². The van der Waals surface area contributed by atoms with Crippen molar-refractivity contribution >= 4 is 17.8 Å². The van der Waals surface area contributed by atoms with Crippen molar-refractivity contribution in [2.24, 2.45) is 4.99 Å². The lowest BCUT2D eigenvalue weighted by Gasteiger charge is -2.39. The van der Waals surface area contributed by atoms with Crippen LogP contribution in [0.4, 0.5) is 0 Å². The highest BCUT2D eigenvalue weighted by molar-refractivity contribution is 6.00. The number of ether oxygens (including phenoxy) is 2. The van der Waals surface area contributed by atoms with Crippen LogP contribution in [0.15, 0.2) is 41.4 Å². The van der Waals surface area contributed by atoms with Gasteiger partial charge in [-0.3, -0.25) is 19.3 Å². The first-order valence-electron chi connectivity index (χ1n) is 13.9. The van der Waals surface area contributed by atoms with Gasteiger partial charge in [-0.05, 0) is 62.9 Å². The number of guanidine groups is 1. The summed E-state index contributed by atoms with van der Waals surface area (Å²) in [5.41, 5.74) is 5.99. The van der Waals surface area contributed by atoms with Gasteiger partial charge in [0.2, 0.25) is 11.9 Å². The first-order valence-corrected chi connectivity index (χ1v) is 13.9. The number of amides is 2. The van der Waals surface area contributed by atoms with Crippen molar-refractivity contribution in [3.63, 3.8) is 0 Å². The zero-order valence-corrected chi connectivity index (χ0v) is 22.8. The molecule has 206 valence electrons. The molecule has 5 heterocycles. The largest absolute Gasteiger partial charge is 0.493 e. The Bertz CT molecular complexity index is 1320. The van der Waals surface area contributed by atoms with E-state index in [0.29, 0.717) is 43.1 Å². The van der Waals surface area contributed by atoms with Crippen molar-refractivity contribution in [2.45, 2.75) is 82.5 Å². The van der Waals surface area contributed by atoms with Crippen LogP contribution in [-0.2, 0) is 16.1 Å². The van der Waals surface area contributed by atoms with Crippen LogP contribution in [-0.4, -0.2) is 48.0 Å². The van der Waals surface area contributed by atoms with Crippen molar-refractivity contribution < 1.29 is 23.9 Å². The normalized spacial score (nSPS) is 25.9. The summed E-state index contributed by atoms with van der Waals surface area (Å²) in [6.07, 6.45) is 5.25. The molecule has 0 radical (unpaired) electrons. The van der Waals surface area contributed by atoms with Crippen LogP contribution < -0.4 is 20.3 Å². The van der Waals surface area contributed by atoms with E-state index in [-0.39, 0.29) is 29.9 Å². The van der Waals surface area contributed by atoms with E-state index in [1.54, 1.807) is 11.0 Å². The second-order valence-electron chi connectivity index (χ2n) is 11.5. The Morgan fingerprint density at radius 3 is 2.77 bits per heavy atom. The van der Waals surface area contributed by atoms with Crippen LogP contribution in [0.25, 0.3) is 0 Å². The van der Waals surface area contributed by atoms with Gasteiger partial charge >= 0.3 is 0 Å². The Kier molecular flexibility index (Phi) is 6.71. The topological polar surface area (TPSA) is 101 Å². The molecule has 5 aliphatic rings. The summed E-state index contributed by atoms with van der Waals surface area (Å²) < 4.78 is 12.2. The summed E-state index contributed by atoms with van der Waals surface area (Å²) >= 11 is 0. The van der Waals surface area contributed by atoms with Crippen molar-refractivity contribution in [3.8, 4) is 11.5 Å². The van der Waals surface area contributed by atoms with Gasteiger partial charge in [-0.15, -0.1) is 0 Å². The number of rotatable bonds is 1. The van der Waals surface area contributed by atoms with Crippen LogP contribution in [0.1, 0.15) is 91.5 Å². The Balaban J connectivity index is 1.42. The Morgan fingerprint density at radius 2 is 1.92 bits per heavy atom. The second-order valence-corrected chi connectivity index (χ2v) is 11.5. The fourth-order valence-electron chi connectivity index (χ4n) is 6.28. The van der Waals surface area contributed by atoms with Crippen molar-refractivity contribution in [2.75, 3.05) is 13.7 Å². The Morgan fingerprint density at radius 1 is 1.08 bits per heavy atom. The number of benzene rings is 2. The van der Waals surface area contributed by atoms with E-state index in [0.717, 1.165) is 42.6 Å². The van der Waals surface area contributed by atoms with Gasteiger partial charge in [0.05, 0.1) is 31.8 Å². The van der Waals surface area contributed by atoms with Gasteiger partial charge in [-0.2, -0.15) is 0 Å². The standard InChI is InChI=1S/C30H36N4O5/c1-30(2)17-23-21-14-18(8-10-26(21)39-30)6-4-5-7-20-16-27(35)34(29(31-20)33-37-3)24-12-13-38-25-11-9-19(15-22(24)25)28(36)32-23/h8-11,14-15,20,23-24H,4-7,12-13,16-17H2,1-3H3,(H,31,33)(H,32,36)/t20?,23?,24-/m1/s1. The lowest BCUT2D eigenvalue weighted by molar-refractivity contribution is -0.131. The van der Waals surface area contributed by atoms with Crippen LogP contribution in [0, 0.1) is 0 Å². The van der Waals surface area contributed by atoms with E-state index in [2.05, 4.69) is 36.8 Å². The molecule has 0 aliphatic carbocycles. The number of aliphatic imine (C=N–C) groups is 1. The summed E-state index contributed by atoms with van der Waals surface area (Å²) in [4.78, 5) is 39.0. The maximum absolute atomic E-state index is 13.7. The quantitative estimate of drug-likeness (QED) is 0.529. The summed E-state index contributed by atoms with van der Waals surface area (Å²) in [6.45, 7) is 4.57. The van der Waals surface area contributed by atoms with E-state index >= 15 is 0 Å². The molecule has 6 bridgehead atoms. The summed E-state index contributed by atoms with van der Waals surface area (Å²) in [6, 6.07) is 11.2. The predicted molar refractivity (Wildman–Crippen MR) is 146 cm³/mol. The third kappa shape index (κ3) is 5.07. The lowest BCUT2D eigenvalue weighted by atomic mass is 9.88. The molecule has 5 aliphatic heterocycles. The van der Waals surface area contributed by atoms with Gasteiger partial charge in [-0.1, -0.05) is 18.6 Å². The first-order chi connectivity index (χ1) is 18.8. The third-order valence-corrected chi connectivity index (χ3v) is 8.09. The minimum atomic E-state index is -0.408. The van der Waals surface area contributed by atoms with E-state index in [1.807, 2.05) is 18.2 Å². The number of nitrogens with one attached hydrogen (secondary N) is 2. The molecular formula is C30H36N4O5. The van der Waals surface area contributed by atoms with E-state index in [4.69, 9.17) is 19.3 Å². The molecule has 7 rings (SSSR count). The Labute approximate surface area is 228 Å². The molecule has 39 heavy (non-hydrogen) atoms. The van der Waals surface area contributed by atoms with Gasteiger partial charge in [-0.25, -0.2) is 10.5 Å². The highest BCUT2D eigenvalue weighted by Crippen LogP contribution is 2.41. The molecule has 0 saturated carbocycles. The minimum absolute atomic E-state index is 0.00645. The van der Waals surface area contributed by atoms with Crippen molar-refractivity contribution in [1.29, 1.82) is 0 Å². The van der Waals surface area contributed by atoms with Crippen LogP contribution >= 0.6 is 0 Å². The average molecular weight is 533 g/mol. The van der Waals surface area contributed by atoms with Crippen molar-refractivity contribution in [3.05, 3.63) is 58.7 Å². The molecule has 0 saturated heterocycles. The number of carbonyl (C=O) groups is 2. The average Bonchev–Trinajstić information content (AvgIpc) is 2.90. The summed E-state index contributed by atoms with van der Waals surface area (Å²) in [7, 11) is 1.52. The van der Waals surface area contributed by atoms with Gasteiger partial charge in [0.1, 0.15) is 17.1 Å². The molecule has 2 amide bonds. The van der Waals surface area contributed by atoms with E-state index in [9.17, 15) is 9.59 Å². The number of hydrogen-bond donors (Lipinski definition) is 2. The Hall–Kier alpha value is -3.59. The first kappa shape index (κ1) is 25.7.